The smallest absolute Gasteiger partial charge is 0.277 e. The first-order valence-electron chi connectivity index (χ1n) is 9.69. The zero-order valence-corrected chi connectivity index (χ0v) is 16.2. The Hall–Kier alpha value is -2.09. The highest BCUT2D eigenvalue weighted by Crippen LogP contribution is 2.32. The topological polar surface area (TPSA) is 75.4 Å². The van der Waals surface area contributed by atoms with E-state index in [4.69, 9.17) is 4.42 Å². The van der Waals surface area contributed by atoms with Gasteiger partial charge in [-0.1, -0.05) is 37.1 Å². The van der Waals surface area contributed by atoms with Crippen LogP contribution in [-0.4, -0.2) is 57.9 Å². The fraction of sp³-hybridized carbons (Fsp3) is 0.579. The van der Waals surface area contributed by atoms with Crippen molar-refractivity contribution in [2.24, 2.45) is 0 Å². The number of hydrogen-bond acceptors (Lipinski definition) is 7. The van der Waals surface area contributed by atoms with Crippen molar-refractivity contribution in [1.82, 2.24) is 20.1 Å². The maximum Gasteiger partial charge on any atom is 0.277 e. The minimum absolute atomic E-state index is 0.123. The summed E-state index contributed by atoms with van der Waals surface area (Å²) < 4.78 is 5.79. The van der Waals surface area contributed by atoms with Crippen molar-refractivity contribution >= 4 is 23.5 Å². The van der Waals surface area contributed by atoms with Crippen LogP contribution < -0.4 is 4.90 Å². The number of anilines is 1. The average molecular weight is 388 g/mol. The van der Waals surface area contributed by atoms with E-state index in [0.717, 1.165) is 37.6 Å². The lowest BCUT2D eigenvalue weighted by Crippen LogP contribution is -2.49. The largest absolute Gasteiger partial charge is 0.416 e. The highest BCUT2D eigenvalue weighted by atomic mass is 32.2. The van der Waals surface area contributed by atoms with Gasteiger partial charge in [-0.3, -0.25) is 4.79 Å². The normalized spacial score (nSPS) is 18.7. The fourth-order valence-electron chi connectivity index (χ4n) is 3.73. The third kappa shape index (κ3) is 4.61. The molecule has 0 atom stereocenters. The highest BCUT2D eigenvalue weighted by Gasteiger charge is 2.24. The molecule has 0 radical (unpaired) electrons. The van der Waals surface area contributed by atoms with Gasteiger partial charge in [0, 0.05) is 38.3 Å². The van der Waals surface area contributed by atoms with Gasteiger partial charge < -0.3 is 14.2 Å². The van der Waals surface area contributed by atoms with Crippen molar-refractivity contribution in [3.63, 3.8) is 0 Å². The second-order valence-corrected chi connectivity index (χ2v) is 8.01. The molecule has 144 valence electrons. The number of nitrogens with zero attached hydrogens (tertiary/aromatic N) is 5. The molecule has 1 aliphatic carbocycles. The van der Waals surface area contributed by atoms with E-state index in [2.05, 4.69) is 20.1 Å². The maximum absolute atomic E-state index is 12.5. The third-order valence-electron chi connectivity index (χ3n) is 5.30. The molecule has 1 saturated heterocycles. The van der Waals surface area contributed by atoms with Gasteiger partial charge in [-0.25, -0.2) is 4.98 Å². The van der Waals surface area contributed by atoms with E-state index in [1.807, 2.05) is 23.1 Å². The Bertz CT molecular complexity index is 740. The molecular formula is C19H25N5O2S. The van der Waals surface area contributed by atoms with Crippen molar-refractivity contribution < 1.29 is 9.21 Å². The Balaban J connectivity index is 1.24. The quantitative estimate of drug-likeness (QED) is 0.730. The number of aromatic nitrogens is 3. The number of pyridine rings is 1. The molecule has 4 rings (SSSR count). The lowest BCUT2D eigenvalue weighted by atomic mass is 9.89. The molecule has 1 amide bonds. The summed E-state index contributed by atoms with van der Waals surface area (Å²) in [4.78, 5) is 21.0. The molecule has 3 heterocycles. The molecule has 8 heteroatoms. The third-order valence-corrected chi connectivity index (χ3v) is 6.10. The summed E-state index contributed by atoms with van der Waals surface area (Å²) in [5.41, 5.74) is 0. The van der Waals surface area contributed by atoms with E-state index in [9.17, 15) is 4.79 Å². The van der Waals surface area contributed by atoms with E-state index in [0.29, 0.717) is 30.0 Å². The van der Waals surface area contributed by atoms with Crippen molar-refractivity contribution in [3.8, 4) is 0 Å². The summed E-state index contributed by atoms with van der Waals surface area (Å²) >= 11 is 1.35. The van der Waals surface area contributed by atoms with Gasteiger partial charge in [0.15, 0.2) is 0 Å². The first-order chi connectivity index (χ1) is 13.3. The number of amides is 1. The molecule has 0 spiro atoms. The minimum atomic E-state index is 0.123. The number of piperazine rings is 1. The van der Waals surface area contributed by atoms with E-state index in [1.54, 1.807) is 6.20 Å². The van der Waals surface area contributed by atoms with Crippen LogP contribution in [0.5, 0.6) is 0 Å². The van der Waals surface area contributed by atoms with Gasteiger partial charge in [0.1, 0.15) is 5.82 Å². The molecule has 0 unspecified atom stereocenters. The molecule has 27 heavy (non-hydrogen) atoms. The van der Waals surface area contributed by atoms with Crippen molar-refractivity contribution in [2.75, 3.05) is 36.8 Å². The molecular weight excluding hydrogens is 362 g/mol. The monoisotopic (exact) mass is 387 g/mol. The second-order valence-electron chi connectivity index (χ2n) is 7.09. The molecule has 2 aromatic heterocycles. The number of carbonyl (C=O) groups is 1. The predicted molar refractivity (Wildman–Crippen MR) is 104 cm³/mol. The van der Waals surface area contributed by atoms with Gasteiger partial charge in [0.2, 0.25) is 11.8 Å². The van der Waals surface area contributed by atoms with Crippen LogP contribution in [0.25, 0.3) is 0 Å². The molecule has 2 fully saturated rings. The van der Waals surface area contributed by atoms with Crippen LogP contribution in [0, 0.1) is 0 Å². The lowest BCUT2D eigenvalue weighted by Gasteiger charge is -2.35. The van der Waals surface area contributed by atoms with Crippen molar-refractivity contribution in [3.05, 3.63) is 30.3 Å². The maximum atomic E-state index is 12.5. The number of hydrogen-bond donors (Lipinski definition) is 0. The summed E-state index contributed by atoms with van der Waals surface area (Å²) in [6.45, 7) is 3.04. The molecule has 7 nitrogen and oxygen atoms in total. The molecule has 1 aliphatic heterocycles. The SMILES string of the molecule is O=C(CSc1nnc(C2CCCCC2)o1)N1CCN(c2ccccn2)CC1. The first kappa shape index (κ1) is 18.3. The number of carbonyl (C=O) groups excluding carboxylic acids is 1. The summed E-state index contributed by atoms with van der Waals surface area (Å²) in [6.07, 6.45) is 7.83. The second kappa shape index (κ2) is 8.73. The van der Waals surface area contributed by atoms with Crippen LogP contribution in [-0.2, 0) is 4.79 Å². The Morgan fingerprint density at radius 1 is 1.11 bits per heavy atom. The van der Waals surface area contributed by atoms with Crippen LogP contribution in [0.2, 0.25) is 0 Å². The number of rotatable bonds is 5. The lowest BCUT2D eigenvalue weighted by molar-refractivity contribution is -0.128. The molecule has 0 N–H and O–H groups in total. The van der Waals surface area contributed by atoms with E-state index < -0.39 is 0 Å². The van der Waals surface area contributed by atoms with Crippen LogP contribution in [0.4, 0.5) is 5.82 Å². The van der Waals surface area contributed by atoms with Gasteiger partial charge in [0.05, 0.1) is 5.75 Å². The summed E-state index contributed by atoms with van der Waals surface area (Å²) in [5, 5.41) is 8.83. The first-order valence-corrected chi connectivity index (χ1v) is 10.7. The van der Waals surface area contributed by atoms with Gasteiger partial charge in [-0.2, -0.15) is 0 Å². The molecule has 0 aromatic carbocycles. The molecule has 0 bridgehead atoms. The molecule has 2 aliphatic rings. The Morgan fingerprint density at radius 3 is 2.67 bits per heavy atom. The van der Waals surface area contributed by atoms with Gasteiger partial charge in [-0.15, -0.1) is 10.2 Å². The van der Waals surface area contributed by atoms with Crippen LogP contribution in [0.3, 0.4) is 0 Å². The van der Waals surface area contributed by atoms with Gasteiger partial charge in [0.25, 0.3) is 5.22 Å². The molecule has 1 saturated carbocycles. The highest BCUT2D eigenvalue weighted by molar-refractivity contribution is 7.99. The Labute approximate surface area is 163 Å². The Morgan fingerprint density at radius 2 is 1.93 bits per heavy atom. The fourth-order valence-corrected chi connectivity index (χ4v) is 4.41. The predicted octanol–water partition coefficient (Wildman–Crippen LogP) is 2.95. The summed E-state index contributed by atoms with van der Waals surface area (Å²) in [6, 6.07) is 5.91. The zero-order chi connectivity index (χ0) is 18.5. The Kier molecular flexibility index (Phi) is 5.91. The van der Waals surface area contributed by atoms with E-state index >= 15 is 0 Å². The standard InChI is InChI=1S/C19H25N5O2S/c25-17(24-12-10-23(11-13-24)16-8-4-5-9-20-16)14-27-19-22-21-18(26-19)15-6-2-1-3-7-15/h4-5,8-9,15H,1-3,6-7,10-14H2. The minimum Gasteiger partial charge on any atom is -0.416 e. The van der Waals surface area contributed by atoms with E-state index in [1.165, 1.54) is 31.0 Å². The van der Waals surface area contributed by atoms with Crippen LogP contribution in [0.1, 0.15) is 43.9 Å². The summed E-state index contributed by atoms with van der Waals surface area (Å²) in [7, 11) is 0. The van der Waals surface area contributed by atoms with Crippen molar-refractivity contribution in [1.29, 1.82) is 0 Å². The van der Waals surface area contributed by atoms with Gasteiger partial charge in [-0.05, 0) is 25.0 Å². The van der Waals surface area contributed by atoms with Gasteiger partial charge >= 0.3 is 0 Å². The summed E-state index contributed by atoms with van der Waals surface area (Å²) in [5.74, 6) is 2.58. The molecule has 2 aromatic rings. The zero-order valence-electron chi connectivity index (χ0n) is 15.4. The average Bonchev–Trinajstić information content (AvgIpc) is 3.22. The number of thioether (sulfide) groups is 1. The van der Waals surface area contributed by atoms with Crippen LogP contribution >= 0.6 is 11.8 Å². The van der Waals surface area contributed by atoms with Crippen molar-refractivity contribution in [2.45, 2.75) is 43.2 Å². The van der Waals surface area contributed by atoms with E-state index in [-0.39, 0.29) is 5.91 Å². The van der Waals surface area contributed by atoms with Crippen LogP contribution in [0.15, 0.2) is 34.0 Å².